The van der Waals surface area contributed by atoms with E-state index >= 15 is 0 Å². The quantitative estimate of drug-likeness (QED) is 0.869. The largest absolute Gasteiger partial charge is 0.338 e. The Balaban J connectivity index is 1.51. The molecule has 0 aliphatic carbocycles. The van der Waals surface area contributed by atoms with Gasteiger partial charge >= 0.3 is 0 Å². The highest BCUT2D eigenvalue weighted by Crippen LogP contribution is 2.13. The van der Waals surface area contributed by atoms with E-state index in [0.29, 0.717) is 0 Å². The van der Waals surface area contributed by atoms with Crippen molar-refractivity contribution in [1.82, 2.24) is 14.9 Å². The number of anilines is 1. The van der Waals surface area contributed by atoms with Crippen molar-refractivity contribution < 1.29 is 0 Å². The molecule has 0 atom stereocenters. The molecule has 2 heterocycles. The Morgan fingerprint density at radius 3 is 2.26 bits per heavy atom. The molecule has 120 valence electrons. The van der Waals surface area contributed by atoms with Gasteiger partial charge in [0, 0.05) is 44.1 Å². The standard InChI is InChI=1S/C19H24N4/c1-16-15-17(2)21-19(20-16)23-13-11-22(12-14-23)10-6-9-18-7-4-3-5-8-18/h3-9,15H,10-14H2,1-2H3. The van der Waals surface area contributed by atoms with E-state index < -0.39 is 0 Å². The van der Waals surface area contributed by atoms with Crippen LogP contribution in [0.1, 0.15) is 17.0 Å². The number of nitrogens with zero attached hydrogens (tertiary/aromatic N) is 4. The van der Waals surface area contributed by atoms with Gasteiger partial charge in [-0.05, 0) is 25.5 Å². The van der Waals surface area contributed by atoms with E-state index in [4.69, 9.17) is 0 Å². The summed E-state index contributed by atoms with van der Waals surface area (Å²) in [6.45, 7) is 9.14. The summed E-state index contributed by atoms with van der Waals surface area (Å²) >= 11 is 0. The van der Waals surface area contributed by atoms with Gasteiger partial charge in [0.05, 0.1) is 0 Å². The molecule has 1 aliphatic heterocycles. The third-order valence-electron chi connectivity index (χ3n) is 4.10. The SMILES string of the molecule is Cc1cc(C)nc(N2CCN(CC=Cc3ccccc3)CC2)n1. The van der Waals surface area contributed by atoms with E-state index in [9.17, 15) is 0 Å². The van der Waals surface area contributed by atoms with Crippen molar-refractivity contribution in [3.05, 3.63) is 59.4 Å². The first-order valence-electron chi connectivity index (χ1n) is 8.22. The van der Waals surface area contributed by atoms with E-state index in [2.05, 4.69) is 56.2 Å². The third kappa shape index (κ3) is 4.39. The highest BCUT2D eigenvalue weighted by molar-refractivity contribution is 5.48. The smallest absolute Gasteiger partial charge is 0.225 e. The van der Waals surface area contributed by atoms with Crippen LogP contribution in [-0.4, -0.2) is 47.6 Å². The Labute approximate surface area is 138 Å². The summed E-state index contributed by atoms with van der Waals surface area (Å²) in [4.78, 5) is 13.9. The molecule has 0 spiro atoms. The zero-order valence-electron chi connectivity index (χ0n) is 13.9. The Hall–Kier alpha value is -2.20. The van der Waals surface area contributed by atoms with Crippen LogP contribution in [0.2, 0.25) is 0 Å². The first-order chi connectivity index (χ1) is 11.2. The zero-order valence-corrected chi connectivity index (χ0v) is 13.9. The Morgan fingerprint density at radius 2 is 1.61 bits per heavy atom. The fourth-order valence-corrected chi connectivity index (χ4v) is 2.88. The molecule has 0 bridgehead atoms. The second kappa shape index (κ2) is 7.38. The van der Waals surface area contributed by atoms with E-state index in [-0.39, 0.29) is 0 Å². The second-order valence-corrected chi connectivity index (χ2v) is 6.05. The molecule has 2 aromatic rings. The average Bonchev–Trinajstić information content (AvgIpc) is 2.56. The maximum Gasteiger partial charge on any atom is 0.225 e. The number of benzene rings is 1. The summed E-state index contributed by atoms with van der Waals surface area (Å²) in [6.07, 6.45) is 4.44. The predicted molar refractivity (Wildman–Crippen MR) is 95.6 cm³/mol. The highest BCUT2D eigenvalue weighted by Gasteiger charge is 2.18. The minimum Gasteiger partial charge on any atom is -0.338 e. The van der Waals surface area contributed by atoms with E-state index in [0.717, 1.165) is 50.1 Å². The van der Waals surface area contributed by atoms with E-state index in [1.165, 1.54) is 5.56 Å². The van der Waals surface area contributed by atoms with Gasteiger partial charge in [0.2, 0.25) is 5.95 Å². The van der Waals surface area contributed by atoms with Crippen molar-refractivity contribution in [1.29, 1.82) is 0 Å². The molecule has 1 fully saturated rings. The molecule has 0 unspecified atom stereocenters. The minimum atomic E-state index is 0.877. The lowest BCUT2D eigenvalue weighted by Gasteiger charge is -2.34. The lowest BCUT2D eigenvalue weighted by atomic mass is 10.2. The molecular weight excluding hydrogens is 284 g/mol. The molecule has 1 aliphatic rings. The molecule has 0 saturated carbocycles. The van der Waals surface area contributed by atoms with Crippen LogP contribution in [0.4, 0.5) is 5.95 Å². The van der Waals surface area contributed by atoms with Gasteiger partial charge in [-0.15, -0.1) is 0 Å². The van der Waals surface area contributed by atoms with Crippen LogP contribution in [0.25, 0.3) is 6.08 Å². The lowest BCUT2D eigenvalue weighted by molar-refractivity contribution is 0.283. The summed E-state index contributed by atoms with van der Waals surface area (Å²) in [5, 5.41) is 0. The number of aromatic nitrogens is 2. The zero-order chi connectivity index (χ0) is 16.1. The minimum absolute atomic E-state index is 0.877. The molecule has 23 heavy (non-hydrogen) atoms. The fraction of sp³-hybridized carbons (Fsp3) is 0.368. The molecule has 4 nitrogen and oxygen atoms in total. The van der Waals surface area contributed by atoms with Crippen molar-refractivity contribution in [3.8, 4) is 0 Å². The van der Waals surface area contributed by atoms with Crippen LogP contribution in [0.15, 0.2) is 42.5 Å². The van der Waals surface area contributed by atoms with Gasteiger partial charge < -0.3 is 4.90 Å². The number of rotatable bonds is 4. The van der Waals surface area contributed by atoms with Crippen molar-refractivity contribution in [2.24, 2.45) is 0 Å². The van der Waals surface area contributed by atoms with Crippen molar-refractivity contribution >= 4 is 12.0 Å². The molecule has 1 saturated heterocycles. The summed E-state index contributed by atoms with van der Waals surface area (Å²) in [5.41, 5.74) is 3.34. The normalized spacial score (nSPS) is 16.2. The van der Waals surface area contributed by atoms with Gasteiger partial charge in [0.25, 0.3) is 0 Å². The van der Waals surface area contributed by atoms with Crippen molar-refractivity contribution in [2.75, 3.05) is 37.6 Å². The summed E-state index contributed by atoms with van der Waals surface area (Å²) < 4.78 is 0. The van der Waals surface area contributed by atoms with Gasteiger partial charge in [0.1, 0.15) is 0 Å². The summed E-state index contributed by atoms with van der Waals surface area (Å²) in [6, 6.07) is 12.5. The lowest BCUT2D eigenvalue weighted by Crippen LogP contribution is -2.47. The molecule has 1 aromatic carbocycles. The van der Waals surface area contributed by atoms with Gasteiger partial charge in [-0.25, -0.2) is 9.97 Å². The molecule has 0 N–H and O–H groups in total. The van der Waals surface area contributed by atoms with Crippen LogP contribution in [0, 0.1) is 13.8 Å². The highest BCUT2D eigenvalue weighted by atomic mass is 15.3. The molecule has 4 heteroatoms. The Morgan fingerprint density at radius 1 is 0.957 bits per heavy atom. The first-order valence-corrected chi connectivity index (χ1v) is 8.22. The number of piperazine rings is 1. The van der Waals surface area contributed by atoms with Gasteiger partial charge in [-0.3, -0.25) is 4.90 Å². The van der Waals surface area contributed by atoms with Gasteiger partial charge in [-0.1, -0.05) is 42.5 Å². The fourth-order valence-electron chi connectivity index (χ4n) is 2.88. The molecule has 1 aromatic heterocycles. The maximum absolute atomic E-state index is 4.57. The monoisotopic (exact) mass is 308 g/mol. The molecule has 3 rings (SSSR count). The van der Waals surface area contributed by atoms with Crippen LogP contribution in [-0.2, 0) is 0 Å². The predicted octanol–water partition coefficient (Wildman–Crippen LogP) is 2.93. The Bertz CT molecular complexity index is 638. The number of aryl methyl sites for hydroxylation is 2. The second-order valence-electron chi connectivity index (χ2n) is 6.05. The van der Waals surface area contributed by atoms with Gasteiger partial charge in [-0.2, -0.15) is 0 Å². The molecule has 0 radical (unpaired) electrons. The topological polar surface area (TPSA) is 32.3 Å². The van der Waals surface area contributed by atoms with Crippen LogP contribution >= 0.6 is 0 Å². The van der Waals surface area contributed by atoms with E-state index in [1.807, 2.05) is 26.0 Å². The van der Waals surface area contributed by atoms with E-state index in [1.54, 1.807) is 0 Å². The summed E-state index contributed by atoms with van der Waals surface area (Å²) in [7, 11) is 0. The van der Waals surface area contributed by atoms with Crippen LogP contribution in [0.3, 0.4) is 0 Å². The molecular formula is C19H24N4. The summed E-state index contributed by atoms with van der Waals surface area (Å²) in [5.74, 6) is 0.877. The average molecular weight is 308 g/mol. The maximum atomic E-state index is 4.57. The van der Waals surface area contributed by atoms with Crippen molar-refractivity contribution in [3.63, 3.8) is 0 Å². The van der Waals surface area contributed by atoms with Crippen LogP contribution < -0.4 is 4.90 Å². The third-order valence-corrected chi connectivity index (χ3v) is 4.10. The van der Waals surface area contributed by atoms with Crippen molar-refractivity contribution in [2.45, 2.75) is 13.8 Å². The first kappa shape index (κ1) is 15.7. The number of hydrogen-bond acceptors (Lipinski definition) is 4. The van der Waals surface area contributed by atoms with Crippen LogP contribution in [0.5, 0.6) is 0 Å². The Kier molecular flexibility index (Phi) is 5.03. The number of hydrogen-bond donors (Lipinski definition) is 0. The van der Waals surface area contributed by atoms with Gasteiger partial charge in [0.15, 0.2) is 0 Å². The molecule has 0 amide bonds.